The standard InChI is InChI=1S/C11H12O3/c1-3-8(2)11(13)14-10-6-4-9(12)5-7-10/h3-7,12H,1-2H3. The fourth-order valence-electron chi connectivity index (χ4n) is 0.820. The van der Waals surface area contributed by atoms with Gasteiger partial charge in [0.25, 0.3) is 0 Å². The van der Waals surface area contributed by atoms with E-state index in [1.807, 2.05) is 0 Å². The molecule has 0 saturated carbocycles. The molecule has 0 fully saturated rings. The average molecular weight is 192 g/mol. The smallest absolute Gasteiger partial charge is 0.338 e. The Morgan fingerprint density at radius 3 is 2.43 bits per heavy atom. The summed E-state index contributed by atoms with van der Waals surface area (Å²) in [7, 11) is 0. The number of aromatic hydroxyl groups is 1. The lowest BCUT2D eigenvalue weighted by Gasteiger charge is -2.03. The highest BCUT2D eigenvalue weighted by Crippen LogP contribution is 2.16. The molecule has 0 atom stereocenters. The van der Waals surface area contributed by atoms with Crippen molar-refractivity contribution in [1.29, 1.82) is 0 Å². The molecular formula is C11H12O3. The van der Waals surface area contributed by atoms with E-state index >= 15 is 0 Å². The van der Waals surface area contributed by atoms with E-state index in [1.165, 1.54) is 24.3 Å². The van der Waals surface area contributed by atoms with E-state index in [0.717, 1.165) is 0 Å². The first kappa shape index (κ1) is 10.3. The Kier molecular flexibility index (Phi) is 3.29. The summed E-state index contributed by atoms with van der Waals surface area (Å²) in [6.07, 6.45) is 1.68. The molecular weight excluding hydrogens is 180 g/mol. The minimum Gasteiger partial charge on any atom is -0.508 e. The number of ether oxygens (including phenoxy) is 1. The second-order valence-corrected chi connectivity index (χ2v) is 2.86. The highest BCUT2D eigenvalue weighted by Gasteiger charge is 2.05. The number of hydrogen-bond acceptors (Lipinski definition) is 3. The number of hydrogen-bond donors (Lipinski definition) is 1. The van der Waals surface area contributed by atoms with Crippen molar-refractivity contribution in [2.24, 2.45) is 0 Å². The molecule has 1 aromatic carbocycles. The summed E-state index contributed by atoms with van der Waals surface area (Å²) in [6, 6.07) is 6.01. The Morgan fingerprint density at radius 1 is 1.36 bits per heavy atom. The third-order valence-electron chi connectivity index (χ3n) is 1.80. The number of allylic oxidation sites excluding steroid dienone is 1. The zero-order valence-corrected chi connectivity index (χ0v) is 8.15. The van der Waals surface area contributed by atoms with Crippen LogP contribution in [0.5, 0.6) is 11.5 Å². The Hall–Kier alpha value is -1.77. The van der Waals surface area contributed by atoms with E-state index in [1.54, 1.807) is 19.9 Å². The molecule has 0 radical (unpaired) electrons. The second-order valence-electron chi connectivity index (χ2n) is 2.86. The number of phenols is 1. The maximum Gasteiger partial charge on any atom is 0.338 e. The van der Waals surface area contributed by atoms with E-state index in [0.29, 0.717) is 11.3 Å². The number of carbonyl (C=O) groups excluding carboxylic acids is 1. The molecule has 0 bridgehead atoms. The van der Waals surface area contributed by atoms with Crippen LogP contribution in [0.2, 0.25) is 0 Å². The van der Waals surface area contributed by atoms with Gasteiger partial charge in [-0.2, -0.15) is 0 Å². The number of carbonyl (C=O) groups is 1. The molecule has 0 unspecified atom stereocenters. The molecule has 3 heteroatoms. The van der Waals surface area contributed by atoms with Crippen LogP contribution < -0.4 is 4.74 Å². The van der Waals surface area contributed by atoms with E-state index in [-0.39, 0.29) is 11.7 Å². The molecule has 0 aliphatic heterocycles. The highest BCUT2D eigenvalue weighted by molar-refractivity contribution is 5.89. The molecule has 0 spiro atoms. The number of esters is 1. The molecule has 3 nitrogen and oxygen atoms in total. The van der Waals surface area contributed by atoms with Gasteiger partial charge in [0.2, 0.25) is 0 Å². The Morgan fingerprint density at radius 2 is 1.93 bits per heavy atom. The lowest BCUT2D eigenvalue weighted by molar-refractivity contribution is -0.130. The summed E-state index contributed by atoms with van der Waals surface area (Å²) in [5, 5.41) is 8.99. The summed E-state index contributed by atoms with van der Waals surface area (Å²) in [4.78, 5) is 11.3. The van der Waals surface area contributed by atoms with Gasteiger partial charge in [0.1, 0.15) is 11.5 Å². The van der Waals surface area contributed by atoms with Gasteiger partial charge in [-0.1, -0.05) is 6.08 Å². The zero-order valence-electron chi connectivity index (χ0n) is 8.15. The summed E-state index contributed by atoms with van der Waals surface area (Å²) in [6.45, 7) is 3.45. The van der Waals surface area contributed by atoms with Crippen molar-refractivity contribution in [3.05, 3.63) is 35.9 Å². The number of phenolic OH excluding ortho intramolecular Hbond substituents is 1. The van der Waals surface area contributed by atoms with E-state index in [9.17, 15) is 4.79 Å². The van der Waals surface area contributed by atoms with Gasteiger partial charge in [-0.05, 0) is 38.1 Å². The van der Waals surface area contributed by atoms with Crippen LogP contribution in [0.4, 0.5) is 0 Å². The summed E-state index contributed by atoms with van der Waals surface area (Å²) < 4.78 is 5.00. The lowest BCUT2D eigenvalue weighted by atomic mass is 10.3. The van der Waals surface area contributed by atoms with Crippen molar-refractivity contribution in [2.45, 2.75) is 13.8 Å². The average Bonchev–Trinajstić information content (AvgIpc) is 2.20. The van der Waals surface area contributed by atoms with Gasteiger partial charge < -0.3 is 9.84 Å². The van der Waals surface area contributed by atoms with Gasteiger partial charge in [0, 0.05) is 5.57 Å². The SMILES string of the molecule is CC=C(C)C(=O)Oc1ccc(O)cc1. The summed E-state index contributed by atoms with van der Waals surface area (Å²) >= 11 is 0. The van der Waals surface area contributed by atoms with Gasteiger partial charge in [-0.15, -0.1) is 0 Å². The molecule has 1 aromatic rings. The van der Waals surface area contributed by atoms with Crippen LogP contribution in [-0.4, -0.2) is 11.1 Å². The normalized spacial score (nSPS) is 11.1. The molecule has 0 aromatic heterocycles. The molecule has 0 saturated heterocycles. The maximum absolute atomic E-state index is 11.3. The second kappa shape index (κ2) is 4.46. The van der Waals surface area contributed by atoms with Crippen LogP contribution in [0.3, 0.4) is 0 Å². The molecule has 0 aliphatic carbocycles. The van der Waals surface area contributed by atoms with Crippen molar-refractivity contribution in [3.8, 4) is 11.5 Å². The summed E-state index contributed by atoms with van der Waals surface area (Å²) in [5.74, 6) is 0.194. The van der Waals surface area contributed by atoms with Crippen molar-refractivity contribution in [3.63, 3.8) is 0 Å². The first-order valence-electron chi connectivity index (χ1n) is 4.27. The van der Waals surface area contributed by atoms with E-state index < -0.39 is 0 Å². The van der Waals surface area contributed by atoms with Crippen molar-refractivity contribution in [1.82, 2.24) is 0 Å². The topological polar surface area (TPSA) is 46.5 Å². The van der Waals surface area contributed by atoms with Gasteiger partial charge in [-0.25, -0.2) is 4.79 Å². The van der Waals surface area contributed by atoms with Gasteiger partial charge >= 0.3 is 5.97 Å². The Labute approximate surface area is 82.6 Å². The molecule has 74 valence electrons. The molecule has 14 heavy (non-hydrogen) atoms. The highest BCUT2D eigenvalue weighted by atomic mass is 16.5. The summed E-state index contributed by atoms with van der Waals surface area (Å²) in [5.41, 5.74) is 0.554. The fraction of sp³-hybridized carbons (Fsp3) is 0.182. The number of rotatable bonds is 2. The van der Waals surface area contributed by atoms with Crippen LogP contribution >= 0.6 is 0 Å². The predicted octanol–water partition coefficient (Wildman–Crippen LogP) is 2.26. The minimum atomic E-state index is -0.377. The predicted molar refractivity (Wildman–Crippen MR) is 53.2 cm³/mol. The van der Waals surface area contributed by atoms with E-state index in [4.69, 9.17) is 9.84 Å². The first-order valence-corrected chi connectivity index (χ1v) is 4.27. The van der Waals surface area contributed by atoms with Crippen LogP contribution in [0.25, 0.3) is 0 Å². The van der Waals surface area contributed by atoms with Crippen LogP contribution in [-0.2, 0) is 4.79 Å². The minimum absolute atomic E-state index is 0.146. The molecule has 0 aliphatic rings. The van der Waals surface area contributed by atoms with Crippen molar-refractivity contribution in [2.75, 3.05) is 0 Å². The van der Waals surface area contributed by atoms with Gasteiger partial charge in [-0.3, -0.25) is 0 Å². The third kappa shape index (κ3) is 2.62. The number of benzene rings is 1. The van der Waals surface area contributed by atoms with Gasteiger partial charge in [0.15, 0.2) is 0 Å². The molecule has 1 rings (SSSR count). The molecule has 1 N–H and O–H groups in total. The largest absolute Gasteiger partial charge is 0.508 e. The lowest BCUT2D eigenvalue weighted by Crippen LogP contribution is -2.08. The van der Waals surface area contributed by atoms with E-state index in [2.05, 4.69) is 0 Å². The van der Waals surface area contributed by atoms with Crippen molar-refractivity contribution < 1.29 is 14.6 Å². The Balaban J connectivity index is 2.70. The monoisotopic (exact) mass is 192 g/mol. The van der Waals surface area contributed by atoms with Gasteiger partial charge in [0.05, 0.1) is 0 Å². The van der Waals surface area contributed by atoms with Crippen LogP contribution in [0.15, 0.2) is 35.9 Å². The zero-order chi connectivity index (χ0) is 10.6. The van der Waals surface area contributed by atoms with Crippen LogP contribution in [0, 0.1) is 0 Å². The maximum atomic E-state index is 11.3. The molecule has 0 amide bonds. The Bertz CT molecular complexity index is 349. The molecule has 0 heterocycles. The van der Waals surface area contributed by atoms with Crippen LogP contribution in [0.1, 0.15) is 13.8 Å². The van der Waals surface area contributed by atoms with Crippen molar-refractivity contribution >= 4 is 5.97 Å². The fourth-order valence-corrected chi connectivity index (χ4v) is 0.820. The quantitative estimate of drug-likeness (QED) is 0.444. The first-order chi connectivity index (χ1) is 6.63. The third-order valence-corrected chi connectivity index (χ3v) is 1.80.